The number of methoxy groups -OCH3 is 1. The van der Waals surface area contributed by atoms with Gasteiger partial charge in [-0.15, -0.1) is 5.10 Å². The fraction of sp³-hybridized carbons (Fsp3) is 0.419. The van der Waals surface area contributed by atoms with Crippen LogP contribution in [0.5, 0.6) is 5.88 Å². The third kappa shape index (κ3) is 4.73. The van der Waals surface area contributed by atoms with Crippen LogP contribution in [0.3, 0.4) is 0 Å². The lowest BCUT2D eigenvalue weighted by atomic mass is 9.79. The number of alkyl halides is 2. The maximum Gasteiger partial charge on any atom is 0.248 e. The highest BCUT2D eigenvalue weighted by Crippen LogP contribution is 2.47. The number of hydrogen-bond donors (Lipinski definition) is 1. The van der Waals surface area contributed by atoms with Gasteiger partial charge in [0.2, 0.25) is 11.8 Å². The third-order valence-corrected chi connectivity index (χ3v) is 8.31. The van der Waals surface area contributed by atoms with Gasteiger partial charge in [-0.3, -0.25) is 4.98 Å². The minimum absolute atomic E-state index is 0.0515. The highest BCUT2D eigenvalue weighted by Gasteiger charge is 2.40. The molecule has 1 saturated carbocycles. The number of pyridine rings is 2. The first-order chi connectivity index (χ1) is 19.5. The van der Waals surface area contributed by atoms with Crippen LogP contribution >= 0.6 is 0 Å². The van der Waals surface area contributed by atoms with E-state index in [1.54, 1.807) is 31.8 Å². The first-order valence-corrected chi connectivity index (χ1v) is 13.9. The quantitative estimate of drug-likeness (QED) is 0.261. The van der Waals surface area contributed by atoms with Crippen molar-refractivity contribution in [3.8, 4) is 17.1 Å². The zero-order chi connectivity index (χ0) is 29.1. The van der Waals surface area contributed by atoms with Crippen molar-refractivity contribution < 1.29 is 18.6 Å². The smallest absolute Gasteiger partial charge is 0.248 e. The van der Waals surface area contributed by atoms with Gasteiger partial charge in [0.15, 0.2) is 0 Å². The van der Waals surface area contributed by atoms with E-state index in [-0.39, 0.29) is 24.8 Å². The van der Waals surface area contributed by atoms with Gasteiger partial charge in [0.05, 0.1) is 46.7 Å². The summed E-state index contributed by atoms with van der Waals surface area (Å²) in [6, 6.07) is 13.7. The number of aliphatic hydroxyl groups is 1. The molecule has 0 radical (unpaired) electrons. The number of aromatic nitrogens is 6. The van der Waals surface area contributed by atoms with Crippen LogP contribution in [0.15, 0.2) is 48.7 Å². The van der Waals surface area contributed by atoms with E-state index in [9.17, 15) is 13.9 Å². The molecule has 41 heavy (non-hydrogen) atoms. The number of nitrogens with zero attached hydrogens (tertiary/aromatic N) is 6. The normalized spacial score (nSPS) is 16.9. The fourth-order valence-corrected chi connectivity index (χ4v) is 6.29. The van der Waals surface area contributed by atoms with Crippen LogP contribution in [0.25, 0.3) is 33.2 Å². The van der Waals surface area contributed by atoms with E-state index in [1.165, 1.54) is 0 Å². The summed E-state index contributed by atoms with van der Waals surface area (Å²) in [4.78, 5) is 9.59. The second kappa shape index (κ2) is 9.87. The molecule has 0 bridgehead atoms. The zero-order valence-electron chi connectivity index (χ0n) is 23.9. The van der Waals surface area contributed by atoms with Crippen LogP contribution in [-0.2, 0) is 12.6 Å². The highest BCUT2D eigenvalue weighted by atomic mass is 19.3. The lowest BCUT2D eigenvalue weighted by molar-refractivity contribution is -0.0493. The van der Waals surface area contributed by atoms with Gasteiger partial charge < -0.3 is 14.4 Å². The molecule has 0 spiro atoms. The SMILES string of the molecule is COc1nc(C(C)(C)O)cc2c1c1ncc(-c3c(C)nnn3C)cc1n2C(c1ccccc1)C1CCC(F)(F)CC1. The van der Waals surface area contributed by atoms with Crippen LogP contribution in [0.4, 0.5) is 8.78 Å². The van der Waals surface area contributed by atoms with Crippen molar-refractivity contribution in [3.63, 3.8) is 0 Å². The Balaban J connectivity index is 1.71. The van der Waals surface area contributed by atoms with Gasteiger partial charge in [-0.2, -0.15) is 0 Å². The predicted molar refractivity (Wildman–Crippen MR) is 153 cm³/mol. The second-order valence-corrected chi connectivity index (χ2v) is 11.6. The largest absolute Gasteiger partial charge is 0.480 e. The van der Waals surface area contributed by atoms with Gasteiger partial charge in [0, 0.05) is 31.6 Å². The van der Waals surface area contributed by atoms with Gasteiger partial charge in [-0.25, -0.2) is 18.4 Å². The Hall–Kier alpha value is -3.92. The average Bonchev–Trinajstić information content (AvgIpc) is 3.45. The Labute approximate surface area is 237 Å². The minimum Gasteiger partial charge on any atom is -0.480 e. The molecule has 1 atom stereocenters. The van der Waals surface area contributed by atoms with Crippen molar-refractivity contribution in [1.82, 2.24) is 29.5 Å². The Morgan fingerprint density at radius 1 is 1.10 bits per heavy atom. The van der Waals surface area contributed by atoms with Gasteiger partial charge in [-0.1, -0.05) is 35.5 Å². The molecule has 214 valence electrons. The molecule has 0 aliphatic heterocycles. The Bertz CT molecular complexity index is 1710. The van der Waals surface area contributed by atoms with Crippen molar-refractivity contribution in [2.75, 3.05) is 7.11 Å². The van der Waals surface area contributed by atoms with E-state index >= 15 is 0 Å². The van der Waals surface area contributed by atoms with Crippen LogP contribution in [-0.4, -0.2) is 47.7 Å². The van der Waals surface area contributed by atoms with Gasteiger partial charge >= 0.3 is 0 Å². The molecule has 10 heteroatoms. The minimum atomic E-state index is -2.65. The van der Waals surface area contributed by atoms with E-state index in [4.69, 9.17) is 9.72 Å². The number of benzene rings is 1. The Kier molecular flexibility index (Phi) is 6.56. The summed E-state index contributed by atoms with van der Waals surface area (Å²) in [6.07, 6.45) is 2.25. The molecule has 5 aromatic rings. The van der Waals surface area contributed by atoms with Crippen molar-refractivity contribution in [2.24, 2.45) is 13.0 Å². The number of ether oxygens (including phenoxy) is 1. The fourth-order valence-electron chi connectivity index (χ4n) is 6.29. The molecule has 1 aromatic carbocycles. The third-order valence-electron chi connectivity index (χ3n) is 8.31. The molecule has 1 N–H and O–H groups in total. The molecule has 4 aromatic heterocycles. The topological polar surface area (TPSA) is 90.9 Å². The number of rotatable bonds is 6. The molecule has 1 fully saturated rings. The lowest BCUT2D eigenvalue weighted by Gasteiger charge is -2.36. The molecular formula is C31H34F2N6O2. The van der Waals surface area contributed by atoms with Crippen LogP contribution in [0.2, 0.25) is 0 Å². The summed E-state index contributed by atoms with van der Waals surface area (Å²) in [7, 11) is 3.39. The van der Waals surface area contributed by atoms with E-state index in [0.717, 1.165) is 33.5 Å². The summed E-state index contributed by atoms with van der Waals surface area (Å²) >= 11 is 0. The molecule has 8 nitrogen and oxygen atoms in total. The number of fused-ring (bicyclic) bond motifs is 3. The van der Waals surface area contributed by atoms with Crippen molar-refractivity contribution in [2.45, 2.75) is 64.0 Å². The Morgan fingerprint density at radius 3 is 2.41 bits per heavy atom. The molecule has 1 aliphatic carbocycles. The monoisotopic (exact) mass is 560 g/mol. The lowest BCUT2D eigenvalue weighted by Crippen LogP contribution is -2.30. The van der Waals surface area contributed by atoms with Crippen LogP contribution in [0, 0.1) is 12.8 Å². The first-order valence-electron chi connectivity index (χ1n) is 13.9. The predicted octanol–water partition coefficient (Wildman–Crippen LogP) is 6.34. The molecule has 0 amide bonds. The molecule has 0 saturated heterocycles. The maximum absolute atomic E-state index is 14.4. The van der Waals surface area contributed by atoms with Crippen molar-refractivity contribution in [1.29, 1.82) is 0 Å². The molecule has 1 aliphatic rings. The zero-order valence-corrected chi connectivity index (χ0v) is 23.9. The van der Waals surface area contributed by atoms with Crippen molar-refractivity contribution >= 4 is 21.9 Å². The standard InChI is InChI=1S/C31H34F2N6O2/c1-18-27(38(4)37-36-18)21-15-23-26(34-17-21)25-22(16-24(30(2,3)40)35-29(25)41-5)39(23)28(19-9-7-6-8-10-19)20-11-13-31(32,33)14-12-20/h6-10,15-17,20,28,40H,11-14H2,1-5H3. The second-order valence-electron chi connectivity index (χ2n) is 11.6. The molecule has 4 heterocycles. The summed E-state index contributed by atoms with van der Waals surface area (Å²) < 4.78 is 38.5. The van der Waals surface area contributed by atoms with Crippen LogP contribution < -0.4 is 4.74 Å². The number of halogens is 2. The number of aryl methyl sites for hydroxylation is 2. The van der Waals surface area contributed by atoms with Crippen LogP contribution in [0.1, 0.15) is 62.5 Å². The molecular weight excluding hydrogens is 526 g/mol. The van der Waals surface area contributed by atoms with Gasteiger partial charge in [-0.05, 0) is 57.2 Å². The summed E-state index contributed by atoms with van der Waals surface area (Å²) in [5.74, 6) is -2.35. The van der Waals surface area contributed by atoms with Gasteiger partial charge in [0.25, 0.3) is 0 Å². The summed E-state index contributed by atoms with van der Waals surface area (Å²) in [5.41, 5.74) is 4.95. The first kappa shape index (κ1) is 27.3. The van der Waals surface area contributed by atoms with Gasteiger partial charge in [0.1, 0.15) is 11.1 Å². The summed E-state index contributed by atoms with van der Waals surface area (Å²) in [5, 5.41) is 20.1. The number of hydrogen-bond acceptors (Lipinski definition) is 6. The summed E-state index contributed by atoms with van der Waals surface area (Å²) in [6.45, 7) is 5.26. The Morgan fingerprint density at radius 2 is 1.80 bits per heavy atom. The van der Waals surface area contributed by atoms with Crippen molar-refractivity contribution in [3.05, 3.63) is 65.6 Å². The molecule has 6 rings (SSSR count). The highest BCUT2D eigenvalue weighted by molar-refractivity contribution is 6.09. The average molecular weight is 561 g/mol. The van der Waals surface area contributed by atoms with E-state index in [2.05, 4.69) is 38.1 Å². The van der Waals surface area contributed by atoms with E-state index < -0.39 is 11.5 Å². The molecule has 1 unspecified atom stereocenters. The maximum atomic E-state index is 14.4. The van der Waals surface area contributed by atoms with E-state index in [0.29, 0.717) is 35.3 Å². The van der Waals surface area contributed by atoms with E-state index in [1.807, 2.05) is 38.2 Å².